The number of ether oxygens (including phenoxy) is 1. The molecule has 8 nitrogen and oxygen atoms in total. The number of rotatable bonds is 6. The Hall–Kier alpha value is -3.27. The lowest BCUT2D eigenvalue weighted by atomic mass is 10.2. The summed E-state index contributed by atoms with van der Waals surface area (Å²) in [6, 6.07) is 10.7. The monoisotopic (exact) mass is 450 g/mol. The first kappa shape index (κ1) is 21.0. The number of amides is 3. The van der Waals surface area contributed by atoms with Gasteiger partial charge in [-0.05, 0) is 48.0 Å². The molecule has 0 radical (unpaired) electrons. The highest BCUT2D eigenvalue weighted by Gasteiger charge is 2.09. The number of likely N-dealkylation sites (N-methyl/N-ethyl adjacent to an activating group) is 1. The highest BCUT2D eigenvalue weighted by Crippen LogP contribution is 2.19. The molecule has 2 rings (SSSR count). The molecule has 10 heteroatoms. The van der Waals surface area contributed by atoms with Gasteiger partial charge in [-0.15, -0.1) is 0 Å². The third-order valence-electron chi connectivity index (χ3n) is 3.27. The van der Waals surface area contributed by atoms with Crippen molar-refractivity contribution in [1.29, 1.82) is 0 Å². The van der Waals surface area contributed by atoms with Crippen LogP contribution in [0.3, 0.4) is 0 Å². The van der Waals surface area contributed by atoms with E-state index >= 15 is 0 Å². The predicted octanol–water partition coefficient (Wildman–Crippen LogP) is 1.80. The number of benzene rings is 2. The zero-order valence-corrected chi connectivity index (χ0v) is 16.2. The molecule has 146 valence electrons. The predicted molar refractivity (Wildman–Crippen MR) is 104 cm³/mol. The van der Waals surface area contributed by atoms with Gasteiger partial charge in [0.05, 0.1) is 11.9 Å². The molecule has 0 aliphatic heterocycles. The van der Waals surface area contributed by atoms with E-state index in [2.05, 4.69) is 37.1 Å². The normalized spacial score (nSPS) is 10.4. The lowest BCUT2D eigenvalue weighted by molar-refractivity contribution is -0.138. The molecule has 2 aromatic rings. The number of carbonyl (C=O) groups is 3. The maximum atomic E-state index is 13.7. The number of hydrogen-bond donors (Lipinski definition) is 3. The quantitative estimate of drug-likeness (QED) is 0.354. The van der Waals surface area contributed by atoms with Crippen LogP contribution in [0, 0.1) is 5.82 Å². The van der Waals surface area contributed by atoms with Crippen molar-refractivity contribution in [1.82, 2.24) is 10.7 Å². The van der Waals surface area contributed by atoms with Gasteiger partial charge < -0.3 is 15.4 Å². The van der Waals surface area contributed by atoms with Crippen molar-refractivity contribution in [3.8, 4) is 5.75 Å². The van der Waals surface area contributed by atoms with Crippen molar-refractivity contribution >= 4 is 45.6 Å². The topological polar surface area (TPSA) is 109 Å². The Balaban J connectivity index is 1.82. The van der Waals surface area contributed by atoms with E-state index in [-0.39, 0.29) is 12.3 Å². The van der Waals surface area contributed by atoms with Gasteiger partial charge in [-0.25, -0.2) is 9.82 Å². The highest BCUT2D eigenvalue weighted by atomic mass is 79.9. The summed E-state index contributed by atoms with van der Waals surface area (Å²) in [4.78, 5) is 34.1. The summed E-state index contributed by atoms with van der Waals surface area (Å²) in [6.45, 7) is -0.300. The Morgan fingerprint density at radius 1 is 1.14 bits per heavy atom. The van der Waals surface area contributed by atoms with Crippen LogP contribution in [0.25, 0.3) is 0 Å². The number of hydrogen-bond acceptors (Lipinski definition) is 5. The molecular formula is C18H16BrFN4O4. The van der Waals surface area contributed by atoms with Crippen molar-refractivity contribution in [3.05, 3.63) is 58.3 Å². The van der Waals surface area contributed by atoms with Gasteiger partial charge in [0.25, 0.3) is 5.91 Å². The minimum absolute atomic E-state index is 0.0576. The Labute approximate surface area is 168 Å². The fraction of sp³-hybridized carbons (Fsp3) is 0.111. The van der Waals surface area contributed by atoms with E-state index in [0.717, 1.165) is 0 Å². The van der Waals surface area contributed by atoms with Crippen molar-refractivity contribution in [2.45, 2.75) is 0 Å². The molecule has 0 saturated carbocycles. The number of anilines is 1. The molecule has 0 atom stereocenters. The largest absolute Gasteiger partial charge is 0.484 e. The molecule has 0 aliphatic rings. The fourth-order valence-corrected chi connectivity index (χ4v) is 2.24. The van der Waals surface area contributed by atoms with Crippen LogP contribution in [0.1, 0.15) is 5.56 Å². The first-order valence-electron chi connectivity index (χ1n) is 7.92. The zero-order valence-electron chi connectivity index (χ0n) is 14.7. The maximum Gasteiger partial charge on any atom is 0.329 e. The van der Waals surface area contributed by atoms with Gasteiger partial charge in [0.15, 0.2) is 6.61 Å². The third-order valence-corrected chi connectivity index (χ3v) is 3.76. The lowest BCUT2D eigenvalue weighted by Crippen LogP contribution is -2.35. The summed E-state index contributed by atoms with van der Waals surface area (Å²) >= 11 is 3.14. The Kier molecular flexibility index (Phi) is 7.64. The average Bonchev–Trinajstić information content (AvgIpc) is 2.68. The Morgan fingerprint density at radius 2 is 1.86 bits per heavy atom. The molecule has 28 heavy (non-hydrogen) atoms. The summed E-state index contributed by atoms with van der Waals surface area (Å²) in [7, 11) is 1.33. The van der Waals surface area contributed by atoms with E-state index in [9.17, 15) is 18.8 Å². The van der Waals surface area contributed by atoms with Crippen molar-refractivity contribution in [3.63, 3.8) is 0 Å². The molecule has 0 heterocycles. The summed E-state index contributed by atoms with van der Waals surface area (Å²) in [5.74, 6) is -2.34. The Bertz CT molecular complexity index is 903. The van der Waals surface area contributed by atoms with Crippen LogP contribution in [0.15, 0.2) is 52.0 Å². The van der Waals surface area contributed by atoms with Gasteiger partial charge in [-0.1, -0.05) is 15.9 Å². The van der Waals surface area contributed by atoms with Crippen LogP contribution in [-0.4, -0.2) is 37.6 Å². The van der Waals surface area contributed by atoms with E-state index in [1.54, 1.807) is 30.3 Å². The number of nitrogens with one attached hydrogen (secondary N) is 3. The molecule has 0 spiro atoms. The molecule has 0 saturated heterocycles. The van der Waals surface area contributed by atoms with E-state index in [1.807, 2.05) is 0 Å². The average molecular weight is 451 g/mol. The second-order valence-corrected chi connectivity index (χ2v) is 6.22. The van der Waals surface area contributed by atoms with Crippen LogP contribution < -0.4 is 20.8 Å². The minimum atomic E-state index is -0.882. The number of carbonyl (C=O) groups excluding carboxylic acids is 3. The molecular weight excluding hydrogens is 435 g/mol. The molecule has 0 aliphatic carbocycles. The van der Waals surface area contributed by atoms with Crippen LogP contribution in [0.4, 0.5) is 10.1 Å². The smallest absolute Gasteiger partial charge is 0.329 e. The Morgan fingerprint density at radius 3 is 2.50 bits per heavy atom. The maximum absolute atomic E-state index is 13.7. The molecule has 0 unspecified atom stereocenters. The second-order valence-electron chi connectivity index (χ2n) is 5.31. The van der Waals surface area contributed by atoms with Gasteiger partial charge >= 0.3 is 11.8 Å². The molecule has 3 amide bonds. The van der Waals surface area contributed by atoms with E-state index in [0.29, 0.717) is 15.8 Å². The molecule has 0 fully saturated rings. The summed E-state index contributed by atoms with van der Waals surface area (Å²) in [5.41, 5.74) is 2.76. The molecule has 2 aromatic carbocycles. The van der Waals surface area contributed by atoms with E-state index in [4.69, 9.17) is 4.74 Å². The van der Waals surface area contributed by atoms with Crippen molar-refractivity contribution in [2.24, 2.45) is 5.10 Å². The first-order chi connectivity index (χ1) is 13.4. The molecule has 0 aromatic heterocycles. The van der Waals surface area contributed by atoms with Gasteiger partial charge in [-0.3, -0.25) is 14.4 Å². The lowest BCUT2D eigenvalue weighted by Gasteiger charge is -2.08. The SMILES string of the molecule is CNC(=O)C(=O)N/N=C\c1ccc(OCC(=O)Nc2ccc(Br)cc2F)cc1. The molecule has 0 bridgehead atoms. The number of hydrazone groups is 1. The van der Waals surface area contributed by atoms with Crippen LogP contribution >= 0.6 is 15.9 Å². The minimum Gasteiger partial charge on any atom is -0.484 e. The highest BCUT2D eigenvalue weighted by molar-refractivity contribution is 9.10. The fourth-order valence-electron chi connectivity index (χ4n) is 1.91. The summed E-state index contributed by atoms with van der Waals surface area (Å²) in [6.07, 6.45) is 1.34. The molecule has 3 N–H and O–H groups in total. The summed E-state index contributed by atoms with van der Waals surface area (Å²) in [5, 5.41) is 8.23. The van der Waals surface area contributed by atoms with E-state index < -0.39 is 23.5 Å². The summed E-state index contributed by atoms with van der Waals surface area (Å²) < 4.78 is 19.6. The van der Waals surface area contributed by atoms with Gasteiger partial charge in [-0.2, -0.15) is 5.10 Å². The van der Waals surface area contributed by atoms with Crippen molar-refractivity contribution in [2.75, 3.05) is 19.0 Å². The standard InChI is InChI=1S/C18H16BrFN4O4/c1-21-17(26)18(27)24-22-9-11-2-5-13(6-3-11)28-10-16(25)23-15-7-4-12(19)8-14(15)20/h2-9H,10H2,1H3,(H,21,26)(H,23,25)(H,24,27)/b22-9-. The zero-order chi connectivity index (χ0) is 20.5. The second kappa shape index (κ2) is 10.2. The third kappa shape index (κ3) is 6.47. The van der Waals surface area contributed by atoms with E-state index in [1.165, 1.54) is 25.4 Å². The van der Waals surface area contributed by atoms with Crippen LogP contribution in [0.5, 0.6) is 5.75 Å². The number of nitrogens with zero attached hydrogens (tertiary/aromatic N) is 1. The first-order valence-corrected chi connectivity index (χ1v) is 8.71. The van der Waals surface area contributed by atoms with Gasteiger partial charge in [0.1, 0.15) is 11.6 Å². The van der Waals surface area contributed by atoms with Crippen molar-refractivity contribution < 1.29 is 23.5 Å². The van der Waals surface area contributed by atoms with Crippen LogP contribution in [0.2, 0.25) is 0 Å². The van der Waals surface area contributed by atoms with Crippen LogP contribution in [-0.2, 0) is 14.4 Å². The van der Waals surface area contributed by atoms with Gasteiger partial charge in [0.2, 0.25) is 0 Å². The van der Waals surface area contributed by atoms with Gasteiger partial charge in [0, 0.05) is 11.5 Å². The number of halogens is 2.